The van der Waals surface area contributed by atoms with Gasteiger partial charge in [-0.3, -0.25) is 4.79 Å². The van der Waals surface area contributed by atoms with Crippen LogP contribution in [0.3, 0.4) is 0 Å². The van der Waals surface area contributed by atoms with Gasteiger partial charge in [0.25, 0.3) is 5.91 Å². The zero-order valence-corrected chi connectivity index (χ0v) is 12.9. The quantitative estimate of drug-likeness (QED) is 0.720. The van der Waals surface area contributed by atoms with Crippen LogP contribution in [0.25, 0.3) is 10.1 Å². The van der Waals surface area contributed by atoms with Crippen molar-refractivity contribution < 1.29 is 4.79 Å². The lowest BCUT2D eigenvalue weighted by Gasteiger charge is -2.04. The molecule has 0 aliphatic carbocycles. The number of carbonyl (C=O) groups is 1. The van der Waals surface area contributed by atoms with Crippen LogP contribution in [-0.2, 0) is 0 Å². The molecular formula is C16H13ClN2OS. The highest BCUT2D eigenvalue weighted by molar-refractivity contribution is 7.21. The molecular weight excluding hydrogens is 304 g/mol. The first-order valence-corrected chi connectivity index (χ1v) is 7.59. The largest absolute Gasteiger partial charge is 0.397 e. The predicted octanol–water partition coefficient (Wildman–Crippen LogP) is 4.70. The van der Waals surface area contributed by atoms with E-state index in [0.717, 1.165) is 21.3 Å². The van der Waals surface area contributed by atoms with E-state index in [0.29, 0.717) is 15.6 Å². The summed E-state index contributed by atoms with van der Waals surface area (Å²) in [5.74, 6) is -0.200. The molecule has 3 rings (SSSR count). The van der Waals surface area contributed by atoms with Crippen LogP contribution in [0.15, 0.2) is 42.5 Å². The number of hydrogen-bond donors (Lipinski definition) is 2. The van der Waals surface area contributed by atoms with Gasteiger partial charge in [0.15, 0.2) is 0 Å². The number of thiophene rings is 1. The number of rotatable bonds is 2. The van der Waals surface area contributed by atoms with Crippen LogP contribution in [0.4, 0.5) is 11.4 Å². The Morgan fingerprint density at radius 2 is 1.90 bits per heavy atom. The Kier molecular flexibility index (Phi) is 3.57. The van der Waals surface area contributed by atoms with Crippen molar-refractivity contribution in [3.8, 4) is 0 Å². The minimum Gasteiger partial charge on any atom is -0.397 e. The Balaban J connectivity index is 1.94. The molecule has 3 nitrogen and oxygen atoms in total. The van der Waals surface area contributed by atoms with Crippen molar-refractivity contribution in [1.29, 1.82) is 0 Å². The van der Waals surface area contributed by atoms with E-state index in [2.05, 4.69) is 5.32 Å². The van der Waals surface area contributed by atoms with Crippen LogP contribution < -0.4 is 11.1 Å². The smallest absolute Gasteiger partial charge is 0.267 e. The summed E-state index contributed by atoms with van der Waals surface area (Å²) >= 11 is 7.32. The molecule has 0 bridgehead atoms. The monoisotopic (exact) mass is 316 g/mol. The fourth-order valence-corrected chi connectivity index (χ4v) is 3.38. The first kappa shape index (κ1) is 13.9. The van der Waals surface area contributed by atoms with Crippen molar-refractivity contribution in [1.82, 2.24) is 0 Å². The highest BCUT2D eigenvalue weighted by Gasteiger charge is 2.16. The van der Waals surface area contributed by atoms with Gasteiger partial charge >= 0.3 is 0 Å². The summed E-state index contributed by atoms with van der Waals surface area (Å²) in [7, 11) is 0. The number of fused-ring (bicyclic) bond motifs is 1. The molecule has 3 aromatic rings. The van der Waals surface area contributed by atoms with Crippen molar-refractivity contribution in [3.05, 3.63) is 57.9 Å². The van der Waals surface area contributed by atoms with E-state index in [1.54, 1.807) is 6.07 Å². The molecule has 0 saturated heterocycles. The Morgan fingerprint density at radius 3 is 2.62 bits per heavy atom. The molecule has 0 radical (unpaired) electrons. The Hall–Kier alpha value is -2.04. The van der Waals surface area contributed by atoms with Crippen molar-refractivity contribution in [2.24, 2.45) is 0 Å². The maximum absolute atomic E-state index is 12.4. The molecule has 1 heterocycles. The van der Waals surface area contributed by atoms with Gasteiger partial charge in [-0.25, -0.2) is 0 Å². The molecule has 0 fully saturated rings. The fourth-order valence-electron chi connectivity index (χ4n) is 2.08. The normalized spacial score (nSPS) is 10.8. The number of carbonyl (C=O) groups excluding carboxylic acids is 1. The van der Waals surface area contributed by atoms with Crippen molar-refractivity contribution >= 4 is 50.3 Å². The van der Waals surface area contributed by atoms with E-state index in [1.165, 1.54) is 11.3 Å². The SMILES string of the molecule is Cc1ccc(NC(=O)c2sc3cc(Cl)ccc3c2N)cc1. The van der Waals surface area contributed by atoms with E-state index in [-0.39, 0.29) is 5.91 Å². The highest BCUT2D eigenvalue weighted by Crippen LogP contribution is 2.35. The number of halogens is 1. The second kappa shape index (κ2) is 5.39. The number of aryl methyl sites for hydroxylation is 1. The molecule has 21 heavy (non-hydrogen) atoms. The summed E-state index contributed by atoms with van der Waals surface area (Å²) < 4.78 is 0.911. The topological polar surface area (TPSA) is 55.1 Å². The number of nitrogen functional groups attached to an aromatic ring is 1. The van der Waals surface area contributed by atoms with Gasteiger partial charge < -0.3 is 11.1 Å². The second-order valence-corrected chi connectivity index (χ2v) is 6.29. The molecule has 2 aromatic carbocycles. The fraction of sp³-hybridized carbons (Fsp3) is 0.0625. The van der Waals surface area contributed by atoms with Gasteiger partial charge in [-0.05, 0) is 37.3 Å². The van der Waals surface area contributed by atoms with Gasteiger partial charge in [-0.1, -0.05) is 29.3 Å². The second-order valence-electron chi connectivity index (χ2n) is 4.81. The number of nitrogens with one attached hydrogen (secondary N) is 1. The molecule has 0 spiro atoms. The van der Waals surface area contributed by atoms with E-state index in [1.807, 2.05) is 43.3 Å². The molecule has 0 unspecified atom stereocenters. The number of nitrogens with two attached hydrogens (primary N) is 1. The van der Waals surface area contributed by atoms with Crippen LogP contribution in [-0.4, -0.2) is 5.91 Å². The molecule has 0 saturated carbocycles. The summed E-state index contributed by atoms with van der Waals surface area (Å²) in [6.07, 6.45) is 0. The van der Waals surface area contributed by atoms with Gasteiger partial charge in [0.1, 0.15) is 4.88 Å². The maximum Gasteiger partial charge on any atom is 0.267 e. The zero-order chi connectivity index (χ0) is 15.0. The summed E-state index contributed by atoms with van der Waals surface area (Å²) in [6, 6.07) is 13.1. The summed E-state index contributed by atoms with van der Waals surface area (Å²) in [5.41, 5.74) is 8.46. The highest BCUT2D eigenvalue weighted by atomic mass is 35.5. The third kappa shape index (κ3) is 2.73. The average Bonchev–Trinajstić information content (AvgIpc) is 2.78. The summed E-state index contributed by atoms with van der Waals surface area (Å²) in [6.45, 7) is 2.00. The van der Waals surface area contributed by atoms with Crippen LogP contribution in [0.1, 0.15) is 15.2 Å². The van der Waals surface area contributed by atoms with E-state index >= 15 is 0 Å². The van der Waals surface area contributed by atoms with Gasteiger partial charge in [0.2, 0.25) is 0 Å². The maximum atomic E-state index is 12.4. The van der Waals surface area contributed by atoms with E-state index < -0.39 is 0 Å². The Labute approximate surface area is 131 Å². The van der Waals surface area contributed by atoms with E-state index in [9.17, 15) is 4.79 Å². The predicted molar refractivity (Wildman–Crippen MR) is 90.4 cm³/mol. The van der Waals surface area contributed by atoms with Gasteiger partial charge in [0.05, 0.1) is 5.69 Å². The van der Waals surface area contributed by atoms with E-state index in [4.69, 9.17) is 17.3 Å². The third-order valence-electron chi connectivity index (χ3n) is 3.21. The lowest BCUT2D eigenvalue weighted by Crippen LogP contribution is -2.11. The number of amides is 1. The van der Waals surface area contributed by atoms with Gasteiger partial charge in [0, 0.05) is 20.8 Å². The van der Waals surface area contributed by atoms with Crippen molar-refractivity contribution in [3.63, 3.8) is 0 Å². The molecule has 0 aliphatic heterocycles. The van der Waals surface area contributed by atoms with Crippen LogP contribution in [0.2, 0.25) is 5.02 Å². The van der Waals surface area contributed by atoms with Crippen LogP contribution in [0.5, 0.6) is 0 Å². The summed E-state index contributed by atoms with van der Waals surface area (Å²) in [4.78, 5) is 12.9. The number of anilines is 2. The molecule has 5 heteroatoms. The van der Waals surface area contributed by atoms with Crippen LogP contribution >= 0.6 is 22.9 Å². The summed E-state index contributed by atoms with van der Waals surface area (Å²) in [5, 5.41) is 4.35. The molecule has 1 amide bonds. The number of hydrogen-bond acceptors (Lipinski definition) is 3. The zero-order valence-electron chi connectivity index (χ0n) is 11.3. The molecule has 0 aliphatic rings. The molecule has 0 atom stereocenters. The average molecular weight is 317 g/mol. The first-order chi connectivity index (χ1) is 10.0. The van der Waals surface area contributed by atoms with Gasteiger partial charge in [-0.15, -0.1) is 11.3 Å². The molecule has 3 N–H and O–H groups in total. The standard InChI is InChI=1S/C16H13ClN2OS/c1-9-2-5-11(6-3-9)19-16(20)15-14(18)12-7-4-10(17)8-13(12)21-15/h2-8H,18H2,1H3,(H,19,20). The molecule has 106 valence electrons. The van der Waals surface area contributed by atoms with Crippen molar-refractivity contribution in [2.45, 2.75) is 6.92 Å². The lowest BCUT2D eigenvalue weighted by molar-refractivity contribution is 0.103. The third-order valence-corrected chi connectivity index (χ3v) is 4.61. The Morgan fingerprint density at radius 1 is 1.19 bits per heavy atom. The van der Waals surface area contributed by atoms with Crippen molar-refractivity contribution in [2.75, 3.05) is 11.1 Å². The van der Waals surface area contributed by atoms with Gasteiger partial charge in [-0.2, -0.15) is 0 Å². The minimum absolute atomic E-state index is 0.200. The van der Waals surface area contributed by atoms with Crippen LogP contribution in [0, 0.1) is 6.92 Å². The molecule has 1 aromatic heterocycles. The lowest BCUT2D eigenvalue weighted by atomic mass is 10.2. The minimum atomic E-state index is -0.200. The Bertz CT molecular complexity index is 824. The first-order valence-electron chi connectivity index (χ1n) is 6.40. The number of benzene rings is 2.